The molecule has 3 unspecified atom stereocenters. The van der Waals surface area contributed by atoms with Crippen LogP contribution < -0.4 is 5.32 Å². The lowest BCUT2D eigenvalue weighted by Gasteiger charge is -2.45. The van der Waals surface area contributed by atoms with Crippen LogP contribution in [0.15, 0.2) is 0 Å². The van der Waals surface area contributed by atoms with Crippen molar-refractivity contribution in [3.05, 3.63) is 0 Å². The average Bonchev–Trinajstić information content (AvgIpc) is 2.31. The summed E-state index contributed by atoms with van der Waals surface area (Å²) in [6.07, 6.45) is 6.61. The molecular weight excluding hydrogens is 240 g/mol. The van der Waals surface area contributed by atoms with Gasteiger partial charge in [0.1, 0.15) is 12.1 Å². The summed E-state index contributed by atoms with van der Waals surface area (Å²) in [6.45, 7) is 9.59. The minimum atomic E-state index is -0.483. The number of rotatable bonds is 3. The summed E-state index contributed by atoms with van der Waals surface area (Å²) in [7, 11) is 0. The molecule has 1 N–H and O–H groups in total. The van der Waals surface area contributed by atoms with Gasteiger partial charge in [0.15, 0.2) is 0 Å². The van der Waals surface area contributed by atoms with Crippen LogP contribution in [-0.4, -0.2) is 34.8 Å². The number of piperazine rings is 1. The molecule has 0 saturated carbocycles. The lowest BCUT2D eigenvalue weighted by atomic mass is 9.83. The van der Waals surface area contributed by atoms with Gasteiger partial charge in [0, 0.05) is 12.5 Å². The minimum absolute atomic E-state index is 0.0262. The third-order valence-electron chi connectivity index (χ3n) is 3.67. The van der Waals surface area contributed by atoms with E-state index in [0.29, 0.717) is 6.42 Å². The van der Waals surface area contributed by atoms with E-state index >= 15 is 0 Å². The van der Waals surface area contributed by atoms with E-state index in [9.17, 15) is 9.59 Å². The lowest BCUT2D eigenvalue weighted by Crippen LogP contribution is -2.67. The summed E-state index contributed by atoms with van der Waals surface area (Å²) >= 11 is 0. The second kappa shape index (κ2) is 5.64. The number of hydrogen-bond donors (Lipinski definition) is 1. The number of terminal acetylenes is 1. The highest BCUT2D eigenvalue weighted by Crippen LogP contribution is 2.27. The Morgan fingerprint density at radius 1 is 1.42 bits per heavy atom. The standard InChI is InChI=1S/C15H24N2O2/c1-7-9-11(8-2)17-10(3)13(18)16-12(14(17)19)15(4,5)6/h1,10-12H,8-9H2,2-6H3,(H,16,18). The van der Waals surface area contributed by atoms with Crippen LogP contribution >= 0.6 is 0 Å². The topological polar surface area (TPSA) is 49.4 Å². The molecule has 1 rings (SSSR count). The smallest absolute Gasteiger partial charge is 0.246 e. The van der Waals surface area contributed by atoms with Crippen molar-refractivity contribution in [1.29, 1.82) is 0 Å². The Kier molecular flexibility index (Phi) is 4.62. The predicted molar refractivity (Wildman–Crippen MR) is 75.2 cm³/mol. The van der Waals surface area contributed by atoms with Gasteiger partial charge in [-0.2, -0.15) is 0 Å². The lowest BCUT2D eigenvalue weighted by molar-refractivity contribution is -0.154. The SMILES string of the molecule is C#CCC(CC)N1C(=O)C(C(C)(C)C)NC(=O)C1C. The molecule has 0 aliphatic carbocycles. The van der Waals surface area contributed by atoms with Gasteiger partial charge >= 0.3 is 0 Å². The highest BCUT2D eigenvalue weighted by molar-refractivity contribution is 5.97. The first kappa shape index (κ1) is 15.6. The van der Waals surface area contributed by atoms with Gasteiger partial charge in [-0.1, -0.05) is 27.7 Å². The van der Waals surface area contributed by atoms with Crippen LogP contribution in [0.4, 0.5) is 0 Å². The third-order valence-corrected chi connectivity index (χ3v) is 3.67. The number of carbonyl (C=O) groups is 2. The van der Waals surface area contributed by atoms with Crippen molar-refractivity contribution in [2.45, 2.75) is 65.6 Å². The molecule has 4 nitrogen and oxygen atoms in total. The Balaban J connectivity index is 3.09. The van der Waals surface area contributed by atoms with Gasteiger partial charge in [-0.15, -0.1) is 12.3 Å². The third kappa shape index (κ3) is 3.09. The molecule has 0 radical (unpaired) electrons. The van der Waals surface area contributed by atoms with Gasteiger partial charge in [-0.05, 0) is 18.8 Å². The summed E-state index contributed by atoms with van der Waals surface area (Å²) in [5.74, 6) is 2.47. The molecule has 19 heavy (non-hydrogen) atoms. The molecule has 106 valence electrons. The Morgan fingerprint density at radius 2 is 2.00 bits per heavy atom. The molecule has 1 saturated heterocycles. The van der Waals surface area contributed by atoms with Gasteiger partial charge in [-0.3, -0.25) is 9.59 Å². The van der Waals surface area contributed by atoms with Crippen molar-refractivity contribution in [3.63, 3.8) is 0 Å². The molecule has 0 spiro atoms. The van der Waals surface area contributed by atoms with Crippen LogP contribution in [0.1, 0.15) is 47.5 Å². The normalized spacial score (nSPS) is 25.8. The van der Waals surface area contributed by atoms with Crippen LogP contribution in [0.2, 0.25) is 0 Å². The van der Waals surface area contributed by atoms with Crippen LogP contribution in [-0.2, 0) is 9.59 Å². The molecule has 1 fully saturated rings. The van der Waals surface area contributed by atoms with E-state index in [1.807, 2.05) is 27.7 Å². The zero-order valence-electron chi connectivity index (χ0n) is 12.5. The van der Waals surface area contributed by atoms with Crippen molar-refractivity contribution in [2.75, 3.05) is 0 Å². The van der Waals surface area contributed by atoms with Crippen molar-refractivity contribution in [1.82, 2.24) is 10.2 Å². The zero-order chi connectivity index (χ0) is 14.8. The quantitative estimate of drug-likeness (QED) is 0.786. The molecule has 2 amide bonds. The van der Waals surface area contributed by atoms with Crippen LogP contribution in [0.3, 0.4) is 0 Å². The zero-order valence-corrected chi connectivity index (χ0v) is 12.5. The number of nitrogens with one attached hydrogen (secondary N) is 1. The number of hydrogen-bond acceptors (Lipinski definition) is 2. The van der Waals surface area contributed by atoms with E-state index in [1.165, 1.54) is 0 Å². The summed E-state index contributed by atoms with van der Waals surface area (Å²) in [5.41, 5.74) is -0.306. The fourth-order valence-corrected chi connectivity index (χ4v) is 2.45. The monoisotopic (exact) mass is 264 g/mol. The highest BCUT2D eigenvalue weighted by atomic mass is 16.2. The largest absolute Gasteiger partial charge is 0.342 e. The number of carbonyl (C=O) groups excluding carboxylic acids is 2. The molecule has 0 aromatic heterocycles. The molecule has 3 atom stereocenters. The first-order chi connectivity index (χ1) is 8.73. The average molecular weight is 264 g/mol. The summed E-state index contributed by atoms with van der Waals surface area (Å²) in [5, 5.41) is 2.83. The maximum absolute atomic E-state index is 12.6. The highest BCUT2D eigenvalue weighted by Gasteiger charge is 2.45. The van der Waals surface area contributed by atoms with E-state index in [0.717, 1.165) is 6.42 Å². The van der Waals surface area contributed by atoms with Gasteiger partial charge < -0.3 is 10.2 Å². The van der Waals surface area contributed by atoms with Gasteiger partial charge in [0.05, 0.1) is 0 Å². The van der Waals surface area contributed by atoms with E-state index in [4.69, 9.17) is 6.42 Å². The van der Waals surface area contributed by atoms with Crippen LogP contribution in [0.5, 0.6) is 0 Å². The second-order valence-corrected chi connectivity index (χ2v) is 6.20. The number of amides is 2. The molecule has 1 aliphatic rings. The molecule has 1 aliphatic heterocycles. The Bertz CT molecular complexity index is 403. The Labute approximate surface area is 115 Å². The second-order valence-electron chi connectivity index (χ2n) is 6.20. The molecule has 4 heteroatoms. The van der Waals surface area contributed by atoms with Crippen molar-refractivity contribution in [3.8, 4) is 12.3 Å². The van der Waals surface area contributed by atoms with E-state index < -0.39 is 12.1 Å². The summed E-state index contributed by atoms with van der Waals surface area (Å²) in [6, 6.07) is -1.00. The first-order valence-corrected chi connectivity index (χ1v) is 6.80. The van der Waals surface area contributed by atoms with Crippen LogP contribution in [0.25, 0.3) is 0 Å². The fourth-order valence-electron chi connectivity index (χ4n) is 2.45. The molecule has 0 bridgehead atoms. The molecule has 0 aromatic carbocycles. The van der Waals surface area contributed by atoms with Gasteiger partial charge in [0.2, 0.25) is 11.8 Å². The van der Waals surface area contributed by atoms with Gasteiger partial charge in [0.25, 0.3) is 0 Å². The Hall–Kier alpha value is -1.50. The molecule has 1 heterocycles. The van der Waals surface area contributed by atoms with E-state index in [2.05, 4.69) is 11.2 Å². The minimum Gasteiger partial charge on any atom is -0.342 e. The molecule has 0 aromatic rings. The van der Waals surface area contributed by atoms with Crippen LogP contribution in [0, 0.1) is 17.8 Å². The number of nitrogens with zero attached hydrogens (tertiary/aromatic N) is 1. The first-order valence-electron chi connectivity index (χ1n) is 6.80. The van der Waals surface area contributed by atoms with E-state index in [1.54, 1.807) is 11.8 Å². The van der Waals surface area contributed by atoms with Crippen molar-refractivity contribution >= 4 is 11.8 Å². The van der Waals surface area contributed by atoms with E-state index in [-0.39, 0.29) is 23.3 Å². The maximum Gasteiger partial charge on any atom is 0.246 e. The van der Waals surface area contributed by atoms with Gasteiger partial charge in [-0.25, -0.2) is 0 Å². The van der Waals surface area contributed by atoms with Crippen molar-refractivity contribution < 1.29 is 9.59 Å². The Morgan fingerprint density at radius 3 is 2.42 bits per heavy atom. The predicted octanol–water partition coefficient (Wildman–Crippen LogP) is 1.55. The maximum atomic E-state index is 12.6. The fraction of sp³-hybridized carbons (Fsp3) is 0.733. The summed E-state index contributed by atoms with van der Waals surface area (Å²) < 4.78 is 0. The molecular formula is C15H24N2O2. The van der Waals surface area contributed by atoms with Crippen molar-refractivity contribution in [2.24, 2.45) is 5.41 Å². The summed E-state index contributed by atoms with van der Waals surface area (Å²) in [4.78, 5) is 26.4.